The number of hydrogen-bond acceptors (Lipinski definition) is 3. The van der Waals surface area contributed by atoms with Gasteiger partial charge in [0.05, 0.1) is 6.61 Å². The number of aromatic nitrogens is 1. The highest BCUT2D eigenvalue weighted by atomic mass is 16.5. The summed E-state index contributed by atoms with van der Waals surface area (Å²) in [4.78, 5) is 18.2. The maximum Gasteiger partial charge on any atom is 0.323 e. The minimum atomic E-state index is -0.119. The summed E-state index contributed by atoms with van der Waals surface area (Å²) in [6, 6.07) is 11.4. The quantitative estimate of drug-likeness (QED) is 0.947. The molecule has 0 fully saturated rings. The molecule has 0 radical (unpaired) electrons. The van der Waals surface area contributed by atoms with Crippen LogP contribution in [0.25, 0.3) is 0 Å². The van der Waals surface area contributed by atoms with Crippen LogP contribution < -0.4 is 10.1 Å². The second-order valence-electron chi connectivity index (χ2n) is 5.18. The third kappa shape index (κ3) is 3.19. The molecule has 0 unspecified atom stereocenters. The zero-order valence-corrected chi connectivity index (χ0v) is 12.6. The van der Waals surface area contributed by atoms with Crippen LogP contribution in [0.15, 0.2) is 42.6 Å². The van der Waals surface area contributed by atoms with Crippen molar-refractivity contribution in [2.24, 2.45) is 0 Å². The fourth-order valence-corrected chi connectivity index (χ4v) is 2.59. The largest absolute Gasteiger partial charge is 0.494 e. The van der Waals surface area contributed by atoms with Crippen LogP contribution in [0.1, 0.15) is 18.1 Å². The van der Waals surface area contributed by atoms with E-state index in [0.717, 1.165) is 17.7 Å². The Morgan fingerprint density at radius 1 is 1.32 bits per heavy atom. The van der Waals surface area contributed by atoms with Gasteiger partial charge in [-0.15, -0.1) is 0 Å². The zero-order chi connectivity index (χ0) is 15.4. The Kier molecular flexibility index (Phi) is 4.23. The molecule has 0 atom stereocenters. The van der Waals surface area contributed by atoms with Crippen LogP contribution in [0.5, 0.6) is 5.75 Å². The molecule has 114 valence electrons. The summed E-state index contributed by atoms with van der Waals surface area (Å²) in [6.45, 7) is 3.91. The van der Waals surface area contributed by atoms with E-state index in [2.05, 4.69) is 16.4 Å². The minimum absolute atomic E-state index is 0.119. The van der Waals surface area contributed by atoms with Gasteiger partial charge in [-0.1, -0.05) is 12.1 Å². The fraction of sp³-hybridized carbons (Fsp3) is 0.294. The molecule has 2 heterocycles. The predicted molar refractivity (Wildman–Crippen MR) is 85.0 cm³/mol. The monoisotopic (exact) mass is 297 g/mol. The van der Waals surface area contributed by atoms with Gasteiger partial charge in [0.1, 0.15) is 11.6 Å². The number of pyridine rings is 1. The number of nitrogens with one attached hydrogen (secondary N) is 1. The lowest BCUT2D eigenvalue weighted by atomic mass is 10.00. The third-order valence-corrected chi connectivity index (χ3v) is 3.69. The van der Waals surface area contributed by atoms with Crippen molar-refractivity contribution >= 4 is 11.8 Å². The number of amides is 2. The molecule has 1 aliphatic heterocycles. The molecule has 1 aliphatic rings. The van der Waals surface area contributed by atoms with Gasteiger partial charge in [0.25, 0.3) is 0 Å². The van der Waals surface area contributed by atoms with E-state index < -0.39 is 0 Å². The molecule has 3 rings (SSSR count). The molecule has 2 aromatic rings. The Balaban J connectivity index is 1.70. The SMILES string of the molecule is CCOc1ccc2c(c1)CN(C(=O)Nc1ccccn1)CC2. The first-order valence-corrected chi connectivity index (χ1v) is 7.48. The highest BCUT2D eigenvalue weighted by Gasteiger charge is 2.21. The van der Waals surface area contributed by atoms with Crippen molar-refractivity contribution in [3.8, 4) is 5.75 Å². The van der Waals surface area contributed by atoms with Crippen LogP contribution in [-0.2, 0) is 13.0 Å². The van der Waals surface area contributed by atoms with Crippen LogP contribution in [0.4, 0.5) is 10.6 Å². The second-order valence-corrected chi connectivity index (χ2v) is 5.18. The van der Waals surface area contributed by atoms with E-state index in [0.29, 0.717) is 25.5 Å². The highest BCUT2D eigenvalue weighted by Crippen LogP contribution is 2.24. The van der Waals surface area contributed by atoms with Gasteiger partial charge in [-0.05, 0) is 48.7 Å². The Bertz CT molecular complexity index is 658. The smallest absolute Gasteiger partial charge is 0.323 e. The summed E-state index contributed by atoms with van der Waals surface area (Å²) in [7, 11) is 0. The molecule has 5 nitrogen and oxygen atoms in total. The van der Waals surface area contributed by atoms with Crippen molar-refractivity contribution in [2.45, 2.75) is 19.9 Å². The molecule has 5 heteroatoms. The lowest BCUT2D eigenvalue weighted by molar-refractivity contribution is 0.206. The molecule has 2 amide bonds. The van der Waals surface area contributed by atoms with Gasteiger partial charge in [0.2, 0.25) is 0 Å². The van der Waals surface area contributed by atoms with Gasteiger partial charge in [0, 0.05) is 19.3 Å². The number of nitrogens with zero attached hydrogens (tertiary/aromatic N) is 2. The summed E-state index contributed by atoms with van der Waals surface area (Å²) in [6.07, 6.45) is 2.52. The van der Waals surface area contributed by atoms with Crippen molar-refractivity contribution < 1.29 is 9.53 Å². The van der Waals surface area contributed by atoms with Crippen molar-refractivity contribution in [3.05, 3.63) is 53.7 Å². The molecule has 1 aromatic carbocycles. The normalized spacial score (nSPS) is 13.4. The van der Waals surface area contributed by atoms with Crippen molar-refractivity contribution in [3.63, 3.8) is 0 Å². The number of carbonyl (C=O) groups excluding carboxylic acids is 1. The Morgan fingerprint density at radius 2 is 2.23 bits per heavy atom. The lowest BCUT2D eigenvalue weighted by Crippen LogP contribution is -2.39. The van der Waals surface area contributed by atoms with Crippen LogP contribution in [0.2, 0.25) is 0 Å². The van der Waals surface area contributed by atoms with Crippen LogP contribution >= 0.6 is 0 Å². The summed E-state index contributed by atoms with van der Waals surface area (Å²) in [5, 5.41) is 2.83. The van der Waals surface area contributed by atoms with Gasteiger partial charge in [-0.2, -0.15) is 0 Å². The molecule has 0 bridgehead atoms. The van der Waals surface area contributed by atoms with E-state index in [1.807, 2.05) is 31.2 Å². The summed E-state index contributed by atoms with van der Waals surface area (Å²) < 4.78 is 5.53. The first-order valence-electron chi connectivity index (χ1n) is 7.48. The summed E-state index contributed by atoms with van der Waals surface area (Å²) >= 11 is 0. The second kappa shape index (κ2) is 6.47. The Labute approximate surface area is 129 Å². The van der Waals surface area contributed by atoms with E-state index in [1.54, 1.807) is 17.2 Å². The number of urea groups is 1. The van der Waals surface area contributed by atoms with E-state index >= 15 is 0 Å². The molecule has 0 spiro atoms. The number of benzene rings is 1. The topological polar surface area (TPSA) is 54.5 Å². The first kappa shape index (κ1) is 14.4. The molecule has 0 saturated heterocycles. The molecular weight excluding hydrogens is 278 g/mol. The molecule has 0 aliphatic carbocycles. The van der Waals surface area contributed by atoms with E-state index in [-0.39, 0.29) is 6.03 Å². The van der Waals surface area contributed by atoms with Crippen LogP contribution in [0, 0.1) is 0 Å². The van der Waals surface area contributed by atoms with E-state index in [9.17, 15) is 4.79 Å². The lowest BCUT2D eigenvalue weighted by Gasteiger charge is -2.29. The maximum absolute atomic E-state index is 12.3. The molecule has 1 N–H and O–H groups in total. The fourth-order valence-electron chi connectivity index (χ4n) is 2.59. The predicted octanol–water partition coefficient (Wildman–Crippen LogP) is 3.07. The highest BCUT2D eigenvalue weighted by molar-refractivity contribution is 5.88. The van der Waals surface area contributed by atoms with E-state index in [1.165, 1.54) is 5.56 Å². The third-order valence-electron chi connectivity index (χ3n) is 3.69. The Morgan fingerprint density at radius 3 is 3.00 bits per heavy atom. The summed E-state index contributed by atoms with van der Waals surface area (Å²) in [5.41, 5.74) is 2.43. The van der Waals surface area contributed by atoms with Gasteiger partial charge in [-0.25, -0.2) is 9.78 Å². The van der Waals surface area contributed by atoms with Gasteiger partial charge in [0.15, 0.2) is 0 Å². The van der Waals surface area contributed by atoms with E-state index in [4.69, 9.17) is 4.74 Å². The Hall–Kier alpha value is -2.56. The average molecular weight is 297 g/mol. The standard InChI is InChI=1S/C17H19N3O2/c1-2-22-15-7-6-13-8-10-20(12-14(13)11-15)17(21)19-16-5-3-4-9-18-16/h3-7,9,11H,2,8,10,12H2,1H3,(H,18,19,21). The van der Waals surface area contributed by atoms with Gasteiger partial charge < -0.3 is 9.64 Å². The van der Waals surface area contributed by atoms with Crippen molar-refractivity contribution in [2.75, 3.05) is 18.5 Å². The van der Waals surface area contributed by atoms with Crippen LogP contribution in [-0.4, -0.2) is 29.1 Å². The van der Waals surface area contributed by atoms with Gasteiger partial charge in [-0.3, -0.25) is 5.32 Å². The number of rotatable bonds is 3. The molecule has 22 heavy (non-hydrogen) atoms. The number of carbonyl (C=O) groups is 1. The zero-order valence-electron chi connectivity index (χ0n) is 12.6. The summed E-state index contributed by atoms with van der Waals surface area (Å²) in [5.74, 6) is 1.43. The van der Waals surface area contributed by atoms with Crippen LogP contribution in [0.3, 0.4) is 0 Å². The number of ether oxygens (including phenoxy) is 1. The minimum Gasteiger partial charge on any atom is -0.494 e. The number of anilines is 1. The van der Waals surface area contributed by atoms with Crippen molar-refractivity contribution in [1.82, 2.24) is 9.88 Å². The molecule has 1 aromatic heterocycles. The maximum atomic E-state index is 12.3. The van der Waals surface area contributed by atoms with Gasteiger partial charge >= 0.3 is 6.03 Å². The number of fused-ring (bicyclic) bond motifs is 1. The molecular formula is C17H19N3O2. The average Bonchev–Trinajstić information content (AvgIpc) is 2.55. The molecule has 0 saturated carbocycles. The number of hydrogen-bond donors (Lipinski definition) is 1. The first-order chi connectivity index (χ1) is 10.8. The van der Waals surface area contributed by atoms with Crippen molar-refractivity contribution in [1.29, 1.82) is 0 Å².